The molecule has 2 aromatic rings. The lowest BCUT2D eigenvalue weighted by Crippen LogP contribution is -2.06. The summed E-state index contributed by atoms with van der Waals surface area (Å²) < 4.78 is 4.97. The van der Waals surface area contributed by atoms with Crippen LogP contribution in [0.1, 0.15) is 43.5 Å². The lowest BCUT2D eigenvalue weighted by atomic mass is 10.2. The molecule has 0 amide bonds. The number of nitrogens with zero attached hydrogens (tertiary/aromatic N) is 2. The van der Waals surface area contributed by atoms with Crippen molar-refractivity contribution in [2.24, 2.45) is 0 Å². The second kappa shape index (κ2) is 9.50. The Morgan fingerprint density at radius 1 is 1.12 bits per heavy atom. The second-order valence-corrected chi connectivity index (χ2v) is 5.32. The van der Waals surface area contributed by atoms with Gasteiger partial charge in [0, 0.05) is 18.4 Å². The number of hydrogen-bond acceptors (Lipinski definition) is 6. The highest BCUT2D eigenvalue weighted by molar-refractivity contribution is 5.89. The number of ether oxygens (including phenoxy) is 1. The summed E-state index contributed by atoms with van der Waals surface area (Å²) in [5.74, 6) is 0.996. The van der Waals surface area contributed by atoms with E-state index < -0.39 is 0 Å². The Morgan fingerprint density at radius 3 is 2.62 bits per heavy atom. The molecule has 0 radical (unpaired) electrons. The minimum atomic E-state index is -0.315. The van der Waals surface area contributed by atoms with Gasteiger partial charge in [-0.1, -0.05) is 19.8 Å². The highest BCUT2D eigenvalue weighted by Crippen LogP contribution is 2.16. The highest BCUT2D eigenvalue weighted by Gasteiger charge is 2.06. The first kappa shape index (κ1) is 17.7. The normalized spacial score (nSPS) is 10.2. The Morgan fingerprint density at radius 2 is 1.92 bits per heavy atom. The van der Waals surface area contributed by atoms with Crippen molar-refractivity contribution in [1.82, 2.24) is 9.97 Å². The van der Waals surface area contributed by atoms with Gasteiger partial charge < -0.3 is 15.4 Å². The van der Waals surface area contributed by atoms with Crippen LogP contribution in [-0.4, -0.2) is 29.1 Å². The zero-order valence-corrected chi connectivity index (χ0v) is 14.2. The van der Waals surface area contributed by atoms with Crippen molar-refractivity contribution in [2.75, 3.05) is 23.8 Å². The largest absolute Gasteiger partial charge is 0.462 e. The van der Waals surface area contributed by atoms with Crippen LogP contribution < -0.4 is 10.6 Å². The van der Waals surface area contributed by atoms with Gasteiger partial charge in [-0.05, 0) is 43.7 Å². The predicted molar refractivity (Wildman–Crippen MR) is 95.7 cm³/mol. The van der Waals surface area contributed by atoms with E-state index >= 15 is 0 Å². The number of carbonyl (C=O) groups excluding carboxylic acids is 1. The lowest BCUT2D eigenvalue weighted by molar-refractivity contribution is 0.0526. The van der Waals surface area contributed by atoms with Crippen LogP contribution in [-0.2, 0) is 4.74 Å². The van der Waals surface area contributed by atoms with Crippen LogP contribution in [0.5, 0.6) is 0 Å². The summed E-state index contributed by atoms with van der Waals surface area (Å²) in [7, 11) is 0. The van der Waals surface area contributed by atoms with Gasteiger partial charge in [-0.25, -0.2) is 9.78 Å². The van der Waals surface area contributed by atoms with Crippen LogP contribution in [0.25, 0.3) is 0 Å². The van der Waals surface area contributed by atoms with Gasteiger partial charge in [-0.2, -0.15) is 4.98 Å². The molecule has 0 saturated carbocycles. The fourth-order valence-corrected chi connectivity index (χ4v) is 2.14. The quantitative estimate of drug-likeness (QED) is 0.535. The number of unbranched alkanes of at least 4 members (excludes halogenated alkanes) is 2. The average molecular weight is 328 g/mol. The fraction of sp³-hybridized carbons (Fsp3) is 0.389. The Hall–Kier alpha value is -2.63. The van der Waals surface area contributed by atoms with Crippen molar-refractivity contribution in [3.8, 4) is 0 Å². The smallest absolute Gasteiger partial charge is 0.338 e. The molecular weight excluding hydrogens is 304 g/mol. The van der Waals surface area contributed by atoms with Gasteiger partial charge in [0.1, 0.15) is 5.82 Å². The van der Waals surface area contributed by atoms with Gasteiger partial charge in [0.15, 0.2) is 0 Å². The van der Waals surface area contributed by atoms with Crippen LogP contribution in [0.3, 0.4) is 0 Å². The molecule has 24 heavy (non-hydrogen) atoms. The van der Waals surface area contributed by atoms with E-state index in [9.17, 15) is 4.79 Å². The first-order chi connectivity index (χ1) is 11.7. The minimum absolute atomic E-state index is 0.315. The molecular formula is C18H24N4O2. The SMILES string of the molecule is CCCCCNc1nccc(Nc2ccc(C(=O)OCC)cc2)n1. The van der Waals surface area contributed by atoms with Crippen molar-refractivity contribution >= 4 is 23.4 Å². The summed E-state index contributed by atoms with van der Waals surface area (Å²) in [6.45, 7) is 5.20. The van der Waals surface area contributed by atoms with Gasteiger partial charge in [0.25, 0.3) is 0 Å². The number of carbonyl (C=O) groups is 1. The molecule has 0 spiro atoms. The molecule has 1 aromatic heterocycles. The third kappa shape index (κ3) is 5.53. The third-order valence-corrected chi connectivity index (χ3v) is 3.39. The van der Waals surface area contributed by atoms with Gasteiger partial charge in [0.05, 0.1) is 12.2 Å². The van der Waals surface area contributed by atoms with Crippen molar-refractivity contribution in [3.05, 3.63) is 42.1 Å². The second-order valence-electron chi connectivity index (χ2n) is 5.32. The highest BCUT2D eigenvalue weighted by atomic mass is 16.5. The number of benzene rings is 1. The Balaban J connectivity index is 1.94. The molecule has 0 aliphatic carbocycles. The maximum absolute atomic E-state index is 11.6. The van der Waals surface area contributed by atoms with Crippen LogP contribution in [0.4, 0.5) is 17.5 Å². The number of esters is 1. The average Bonchev–Trinajstić information content (AvgIpc) is 2.60. The molecule has 0 atom stereocenters. The molecule has 0 aliphatic rings. The first-order valence-corrected chi connectivity index (χ1v) is 8.34. The number of hydrogen-bond donors (Lipinski definition) is 2. The van der Waals surface area contributed by atoms with Gasteiger partial charge in [-0.3, -0.25) is 0 Å². The molecule has 0 fully saturated rings. The molecule has 6 nitrogen and oxygen atoms in total. The molecule has 128 valence electrons. The maximum atomic E-state index is 11.6. The Bertz CT molecular complexity index is 644. The zero-order chi connectivity index (χ0) is 17.2. The molecule has 0 saturated heterocycles. The summed E-state index contributed by atoms with van der Waals surface area (Å²) in [5.41, 5.74) is 1.38. The van der Waals surface area contributed by atoms with Crippen molar-refractivity contribution < 1.29 is 9.53 Å². The molecule has 2 N–H and O–H groups in total. The summed E-state index contributed by atoms with van der Waals surface area (Å²) in [6, 6.07) is 8.90. The van der Waals surface area contributed by atoms with Crippen LogP contribution in [0.15, 0.2) is 36.5 Å². The van der Waals surface area contributed by atoms with Crippen molar-refractivity contribution in [2.45, 2.75) is 33.1 Å². The molecule has 6 heteroatoms. The van der Waals surface area contributed by atoms with Crippen LogP contribution >= 0.6 is 0 Å². The number of rotatable bonds is 9. The van der Waals surface area contributed by atoms with E-state index in [1.807, 2.05) is 12.1 Å². The number of nitrogens with one attached hydrogen (secondary N) is 2. The Kier molecular flexibility index (Phi) is 7.01. The van der Waals surface area contributed by atoms with E-state index in [1.54, 1.807) is 31.3 Å². The van der Waals surface area contributed by atoms with E-state index in [4.69, 9.17) is 4.74 Å². The lowest BCUT2D eigenvalue weighted by Gasteiger charge is -2.09. The van der Waals surface area contributed by atoms with E-state index in [0.29, 0.717) is 23.9 Å². The zero-order valence-electron chi connectivity index (χ0n) is 14.2. The van der Waals surface area contributed by atoms with Crippen LogP contribution in [0, 0.1) is 0 Å². The molecule has 2 rings (SSSR count). The molecule has 1 heterocycles. The fourth-order valence-electron chi connectivity index (χ4n) is 2.14. The minimum Gasteiger partial charge on any atom is -0.462 e. The van der Waals surface area contributed by atoms with Crippen molar-refractivity contribution in [3.63, 3.8) is 0 Å². The third-order valence-electron chi connectivity index (χ3n) is 3.39. The standard InChI is InChI=1S/C18H24N4O2/c1-3-5-6-12-19-18-20-13-11-16(22-18)21-15-9-7-14(8-10-15)17(23)24-4-2/h7-11,13H,3-6,12H2,1-2H3,(H2,19,20,21,22). The monoisotopic (exact) mass is 328 g/mol. The van der Waals surface area contributed by atoms with Crippen LogP contribution in [0.2, 0.25) is 0 Å². The maximum Gasteiger partial charge on any atom is 0.338 e. The van der Waals surface area contributed by atoms with Gasteiger partial charge in [0.2, 0.25) is 5.95 Å². The predicted octanol–water partition coefficient (Wildman–Crippen LogP) is 4.00. The topological polar surface area (TPSA) is 76.1 Å². The van der Waals surface area contributed by atoms with E-state index in [2.05, 4.69) is 27.5 Å². The van der Waals surface area contributed by atoms with E-state index in [1.165, 1.54) is 12.8 Å². The molecule has 0 aliphatic heterocycles. The summed E-state index contributed by atoms with van der Waals surface area (Å²) in [6.07, 6.45) is 5.20. The van der Waals surface area contributed by atoms with Crippen molar-refractivity contribution in [1.29, 1.82) is 0 Å². The van der Waals surface area contributed by atoms with E-state index in [0.717, 1.165) is 18.7 Å². The van der Waals surface area contributed by atoms with E-state index in [-0.39, 0.29) is 5.97 Å². The van der Waals surface area contributed by atoms with Gasteiger partial charge in [-0.15, -0.1) is 0 Å². The summed E-state index contributed by atoms with van der Waals surface area (Å²) in [4.78, 5) is 20.3. The molecule has 0 unspecified atom stereocenters. The number of aromatic nitrogens is 2. The summed E-state index contributed by atoms with van der Waals surface area (Å²) >= 11 is 0. The molecule has 0 bridgehead atoms. The first-order valence-electron chi connectivity index (χ1n) is 8.34. The van der Waals surface area contributed by atoms with Gasteiger partial charge >= 0.3 is 5.97 Å². The number of anilines is 3. The summed E-state index contributed by atoms with van der Waals surface area (Å²) in [5, 5.41) is 6.42. The Labute approximate surface area is 142 Å². The molecule has 1 aromatic carbocycles.